The van der Waals surface area contributed by atoms with Crippen LogP contribution in [0.3, 0.4) is 0 Å². The van der Waals surface area contributed by atoms with Crippen LogP contribution in [0.1, 0.15) is 36.3 Å². The Bertz CT molecular complexity index is 679. The van der Waals surface area contributed by atoms with E-state index in [1.807, 2.05) is 12.1 Å². The third-order valence-electron chi connectivity index (χ3n) is 5.75. The highest BCUT2D eigenvalue weighted by Gasteiger charge is 2.38. The number of benzene rings is 2. The number of halogens is 1. The first kappa shape index (κ1) is 16.7. The van der Waals surface area contributed by atoms with Gasteiger partial charge in [-0.1, -0.05) is 48.5 Å². The summed E-state index contributed by atoms with van der Waals surface area (Å²) in [4.78, 5) is 2.39. The van der Waals surface area contributed by atoms with Crippen molar-refractivity contribution >= 4 is 0 Å². The second-order valence-corrected chi connectivity index (χ2v) is 7.58. The third kappa shape index (κ3) is 4.28. The Morgan fingerprint density at radius 2 is 1.68 bits per heavy atom. The van der Waals surface area contributed by atoms with Crippen LogP contribution in [0.2, 0.25) is 0 Å². The van der Waals surface area contributed by atoms with E-state index in [-0.39, 0.29) is 5.82 Å². The summed E-state index contributed by atoms with van der Waals surface area (Å²) < 4.78 is 13.8. The van der Waals surface area contributed by atoms with Crippen LogP contribution in [-0.4, -0.2) is 30.6 Å². The molecular weight excluding hydrogens is 311 g/mol. The molecule has 0 unspecified atom stereocenters. The standard InChI is InChI=1S/C22H27FN2/c23-21-9-5-4-8-19(21)16-25-12-10-17(11-13-25)15-24-22-14-20(22)18-6-2-1-3-7-18/h1-9,17,20,22,24H,10-16H2/t20-,22+/m0/s1. The predicted octanol–water partition coefficient (Wildman–Crippen LogP) is 4.18. The molecule has 0 amide bonds. The van der Waals surface area contributed by atoms with Gasteiger partial charge in [0, 0.05) is 24.1 Å². The van der Waals surface area contributed by atoms with Crippen LogP contribution < -0.4 is 5.32 Å². The van der Waals surface area contributed by atoms with Crippen molar-refractivity contribution < 1.29 is 4.39 Å². The van der Waals surface area contributed by atoms with E-state index in [1.54, 1.807) is 12.1 Å². The van der Waals surface area contributed by atoms with Crippen molar-refractivity contribution in [3.63, 3.8) is 0 Å². The number of nitrogens with one attached hydrogen (secondary N) is 1. The smallest absolute Gasteiger partial charge is 0.127 e. The van der Waals surface area contributed by atoms with Crippen molar-refractivity contribution in [2.75, 3.05) is 19.6 Å². The number of likely N-dealkylation sites (tertiary alicyclic amines) is 1. The molecule has 1 heterocycles. The van der Waals surface area contributed by atoms with Gasteiger partial charge in [-0.2, -0.15) is 0 Å². The van der Waals surface area contributed by atoms with Gasteiger partial charge in [-0.3, -0.25) is 4.90 Å². The van der Waals surface area contributed by atoms with Gasteiger partial charge in [0.2, 0.25) is 0 Å². The summed E-state index contributed by atoms with van der Waals surface area (Å²) in [5, 5.41) is 3.77. The molecule has 0 radical (unpaired) electrons. The van der Waals surface area contributed by atoms with E-state index < -0.39 is 0 Å². The molecule has 25 heavy (non-hydrogen) atoms. The number of hydrogen-bond acceptors (Lipinski definition) is 2. The van der Waals surface area contributed by atoms with Gasteiger partial charge in [0.25, 0.3) is 0 Å². The van der Waals surface area contributed by atoms with E-state index in [1.165, 1.54) is 24.8 Å². The van der Waals surface area contributed by atoms with Crippen LogP contribution in [0.15, 0.2) is 54.6 Å². The molecule has 1 aliphatic heterocycles. The molecule has 2 fully saturated rings. The summed E-state index contributed by atoms with van der Waals surface area (Å²) in [6, 6.07) is 18.7. The molecule has 4 rings (SSSR count). The largest absolute Gasteiger partial charge is 0.313 e. The Morgan fingerprint density at radius 1 is 0.960 bits per heavy atom. The highest BCUT2D eigenvalue weighted by atomic mass is 19.1. The quantitative estimate of drug-likeness (QED) is 0.850. The fourth-order valence-corrected chi connectivity index (χ4v) is 4.02. The first-order valence-corrected chi connectivity index (χ1v) is 9.53. The highest BCUT2D eigenvalue weighted by molar-refractivity contribution is 5.27. The second kappa shape index (κ2) is 7.67. The van der Waals surface area contributed by atoms with Gasteiger partial charge in [0.1, 0.15) is 5.82 Å². The topological polar surface area (TPSA) is 15.3 Å². The summed E-state index contributed by atoms with van der Waals surface area (Å²) >= 11 is 0. The molecule has 1 aliphatic carbocycles. The second-order valence-electron chi connectivity index (χ2n) is 7.58. The van der Waals surface area contributed by atoms with Crippen molar-refractivity contribution in [1.82, 2.24) is 10.2 Å². The molecule has 132 valence electrons. The van der Waals surface area contributed by atoms with Crippen molar-refractivity contribution in [2.24, 2.45) is 5.92 Å². The van der Waals surface area contributed by atoms with Crippen LogP contribution in [0.4, 0.5) is 4.39 Å². The molecule has 0 aromatic heterocycles. The molecule has 2 aromatic rings. The first-order valence-electron chi connectivity index (χ1n) is 9.53. The molecule has 2 aromatic carbocycles. The summed E-state index contributed by atoms with van der Waals surface area (Å²) in [6.07, 6.45) is 3.70. The van der Waals surface area contributed by atoms with E-state index in [9.17, 15) is 4.39 Å². The maximum atomic E-state index is 13.8. The Hall–Kier alpha value is -1.71. The van der Waals surface area contributed by atoms with Crippen LogP contribution in [0.5, 0.6) is 0 Å². The van der Waals surface area contributed by atoms with Crippen LogP contribution in [0, 0.1) is 11.7 Å². The normalized spacial score (nSPS) is 24.4. The maximum Gasteiger partial charge on any atom is 0.127 e. The Morgan fingerprint density at radius 3 is 2.44 bits per heavy atom. The lowest BCUT2D eigenvalue weighted by Crippen LogP contribution is -2.37. The molecule has 2 nitrogen and oxygen atoms in total. The van der Waals surface area contributed by atoms with Gasteiger partial charge in [0.05, 0.1) is 0 Å². The van der Waals surface area contributed by atoms with Gasteiger partial charge >= 0.3 is 0 Å². The summed E-state index contributed by atoms with van der Waals surface area (Å²) in [5.74, 6) is 1.39. The zero-order valence-electron chi connectivity index (χ0n) is 14.7. The minimum Gasteiger partial charge on any atom is -0.313 e. The SMILES string of the molecule is Fc1ccccc1CN1CCC(CN[C@@H]2C[C@H]2c2ccccc2)CC1. The average Bonchev–Trinajstić information content (AvgIpc) is 3.44. The lowest BCUT2D eigenvalue weighted by atomic mass is 9.96. The fraction of sp³-hybridized carbons (Fsp3) is 0.455. The van der Waals surface area contributed by atoms with E-state index in [2.05, 4.69) is 40.5 Å². The Kier molecular flexibility index (Phi) is 5.14. The van der Waals surface area contributed by atoms with E-state index >= 15 is 0 Å². The van der Waals surface area contributed by atoms with Gasteiger partial charge in [-0.15, -0.1) is 0 Å². The molecular formula is C22H27FN2. The molecule has 0 spiro atoms. The molecule has 2 aliphatic rings. The molecule has 2 atom stereocenters. The number of hydrogen-bond donors (Lipinski definition) is 1. The molecule has 1 N–H and O–H groups in total. The van der Waals surface area contributed by atoms with Gasteiger partial charge in [0.15, 0.2) is 0 Å². The lowest BCUT2D eigenvalue weighted by molar-refractivity contribution is 0.173. The van der Waals surface area contributed by atoms with E-state index in [0.717, 1.165) is 37.7 Å². The zero-order valence-corrected chi connectivity index (χ0v) is 14.7. The van der Waals surface area contributed by atoms with Gasteiger partial charge in [-0.25, -0.2) is 4.39 Å². The van der Waals surface area contributed by atoms with E-state index in [4.69, 9.17) is 0 Å². The van der Waals surface area contributed by atoms with E-state index in [0.29, 0.717) is 12.0 Å². The number of piperidine rings is 1. The monoisotopic (exact) mass is 338 g/mol. The average molecular weight is 338 g/mol. The van der Waals surface area contributed by atoms with Gasteiger partial charge in [-0.05, 0) is 56.4 Å². The lowest BCUT2D eigenvalue weighted by Gasteiger charge is -2.32. The zero-order chi connectivity index (χ0) is 17.1. The first-order chi connectivity index (χ1) is 12.3. The van der Waals surface area contributed by atoms with Crippen molar-refractivity contribution in [1.29, 1.82) is 0 Å². The molecule has 3 heteroatoms. The van der Waals surface area contributed by atoms with Crippen molar-refractivity contribution in [2.45, 2.75) is 37.8 Å². The Balaban J connectivity index is 1.18. The van der Waals surface area contributed by atoms with Crippen LogP contribution in [0.25, 0.3) is 0 Å². The fourth-order valence-electron chi connectivity index (χ4n) is 4.02. The van der Waals surface area contributed by atoms with Crippen LogP contribution in [-0.2, 0) is 6.54 Å². The summed E-state index contributed by atoms with van der Waals surface area (Å²) in [5.41, 5.74) is 2.29. The number of nitrogens with zero attached hydrogens (tertiary/aromatic N) is 1. The van der Waals surface area contributed by atoms with Gasteiger partial charge < -0.3 is 5.32 Å². The van der Waals surface area contributed by atoms with Crippen molar-refractivity contribution in [3.8, 4) is 0 Å². The highest BCUT2D eigenvalue weighted by Crippen LogP contribution is 2.40. The summed E-state index contributed by atoms with van der Waals surface area (Å²) in [6.45, 7) is 4.02. The molecule has 1 saturated heterocycles. The molecule has 0 bridgehead atoms. The molecule has 1 saturated carbocycles. The minimum atomic E-state index is -0.0769. The maximum absolute atomic E-state index is 13.8. The van der Waals surface area contributed by atoms with Crippen molar-refractivity contribution in [3.05, 3.63) is 71.5 Å². The number of rotatable bonds is 6. The summed E-state index contributed by atoms with van der Waals surface area (Å²) in [7, 11) is 0. The Labute approximate surface area is 150 Å². The van der Waals surface area contributed by atoms with Crippen LogP contribution >= 0.6 is 0 Å². The minimum absolute atomic E-state index is 0.0769. The predicted molar refractivity (Wildman–Crippen MR) is 100.0 cm³/mol. The third-order valence-corrected chi connectivity index (χ3v) is 5.75.